The maximum Gasteiger partial charge on any atom is 0.126 e. The number of epoxide rings is 2. The van der Waals surface area contributed by atoms with Crippen molar-refractivity contribution in [3.63, 3.8) is 0 Å². The third-order valence-electron chi connectivity index (χ3n) is 3.52. The Morgan fingerprint density at radius 2 is 1.60 bits per heavy atom. The second-order valence-electron chi connectivity index (χ2n) is 5.37. The SMILES string of the molecule is CCCCc1c(OCC2CO2)cccc1OCC1CO1. The van der Waals surface area contributed by atoms with E-state index in [0.717, 1.165) is 44.0 Å². The Hall–Kier alpha value is -1.26. The largest absolute Gasteiger partial charge is 0.490 e. The van der Waals surface area contributed by atoms with E-state index in [4.69, 9.17) is 18.9 Å². The molecule has 4 nitrogen and oxygen atoms in total. The monoisotopic (exact) mass is 278 g/mol. The maximum atomic E-state index is 5.88. The topological polar surface area (TPSA) is 43.5 Å². The van der Waals surface area contributed by atoms with Crippen LogP contribution in [0.5, 0.6) is 11.5 Å². The molecular formula is C16H22O4. The van der Waals surface area contributed by atoms with Gasteiger partial charge in [-0.05, 0) is 25.0 Å². The average Bonchev–Trinajstić information content (AvgIpc) is 3.36. The van der Waals surface area contributed by atoms with Gasteiger partial charge < -0.3 is 18.9 Å². The van der Waals surface area contributed by atoms with Crippen LogP contribution in [0.1, 0.15) is 25.3 Å². The van der Waals surface area contributed by atoms with Crippen LogP contribution >= 0.6 is 0 Å². The summed E-state index contributed by atoms with van der Waals surface area (Å²) >= 11 is 0. The van der Waals surface area contributed by atoms with E-state index >= 15 is 0 Å². The quantitative estimate of drug-likeness (QED) is 0.651. The lowest BCUT2D eigenvalue weighted by atomic mass is 10.1. The van der Waals surface area contributed by atoms with Gasteiger partial charge in [-0.2, -0.15) is 0 Å². The van der Waals surface area contributed by atoms with Crippen molar-refractivity contribution in [3.05, 3.63) is 23.8 Å². The lowest BCUT2D eigenvalue weighted by Gasteiger charge is -2.15. The number of ether oxygens (including phenoxy) is 4. The molecule has 2 atom stereocenters. The van der Waals surface area contributed by atoms with Crippen molar-refractivity contribution in [1.29, 1.82) is 0 Å². The van der Waals surface area contributed by atoms with Crippen LogP contribution < -0.4 is 9.47 Å². The first-order chi connectivity index (χ1) is 9.86. The zero-order chi connectivity index (χ0) is 13.8. The smallest absolute Gasteiger partial charge is 0.126 e. The molecule has 0 saturated carbocycles. The second kappa shape index (κ2) is 6.46. The summed E-state index contributed by atoms with van der Waals surface area (Å²) in [6, 6.07) is 6.03. The van der Waals surface area contributed by atoms with E-state index in [9.17, 15) is 0 Å². The van der Waals surface area contributed by atoms with E-state index in [0.29, 0.717) is 13.2 Å². The summed E-state index contributed by atoms with van der Waals surface area (Å²) in [6.45, 7) is 5.10. The van der Waals surface area contributed by atoms with Gasteiger partial charge in [-0.1, -0.05) is 19.4 Å². The zero-order valence-corrected chi connectivity index (χ0v) is 12.0. The van der Waals surface area contributed by atoms with E-state index in [-0.39, 0.29) is 12.2 Å². The van der Waals surface area contributed by atoms with Gasteiger partial charge in [0.1, 0.15) is 36.9 Å². The Morgan fingerprint density at radius 3 is 2.05 bits per heavy atom. The van der Waals surface area contributed by atoms with Crippen LogP contribution in [0.4, 0.5) is 0 Å². The number of benzene rings is 1. The molecule has 0 spiro atoms. The Kier molecular flexibility index (Phi) is 4.43. The molecule has 3 rings (SSSR count). The molecule has 0 bridgehead atoms. The van der Waals surface area contributed by atoms with Crippen molar-refractivity contribution in [1.82, 2.24) is 0 Å². The summed E-state index contributed by atoms with van der Waals surface area (Å²) in [5.41, 5.74) is 1.18. The molecule has 2 aliphatic rings. The van der Waals surface area contributed by atoms with Crippen molar-refractivity contribution >= 4 is 0 Å². The van der Waals surface area contributed by atoms with Crippen LogP contribution in [0.25, 0.3) is 0 Å². The number of hydrogen-bond donors (Lipinski definition) is 0. The molecule has 2 fully saturated rings. The average molecular weight is 278 g/mol. The lowest BCUT2D eigenvalue weighted by molar-refractivity contribution is 0.248. The fourth-order valence-electron chi connectivity index (χ4n) is 2.11. The minimum absolute atomic E-state index is 0.276. The molecule has 2 unspecified atom stereocenters. The van der Waals surface area contributed by atoms with Crippen molar-refractivity contribution in [2.75, 3.05) is 26.4 Å². The van der Waals surface area contributed by atoms with Crippen LogP contribution in [0.3, 0.4) is 0 Å². The predicted octanol–water partition coefficient (Wildman–Crippen LogP) is 2.58. The van der Waals surface area contributed by atoms with Crippen LogP contribution in [-0.2, 0) is 15.9 Å². The van der Waals surface area contributed by atoms with Gasteiger partial charge in [0, 0.05) is 5.56 Å². The first kappa shape index (κ1) is 13.7. The molecule has 1 aromatic rings. The van der Waals surface area contributed by atoms with E-state index in [1.165, 1.54) is 5.56 Å². The fraction of sp³-hybridized carbons (Fsp3) is 0.625. The number of rotatable bonds is 9. The molecule has 0 amide bonds. The van der Waals surface area contributed by atoms with E-state index in [1.807, 2.05) is 18.2 Å². The second-order valence-corrected chi connectivity index (χ2v) is 5.37. The number of hydrogen-bond acceptors (Lipinski definition) is 4. The first-order valence-electron chi connectivity index (χ1n) is 7.47. The van der Waals surface area contributed by atoms with Gasteiger partial charge in [-0.15, -0.1) is 0 Å². The van der Waals surface area contributed by atoms with Crippen LogP contribution in [0.15, 0.2) is 18.2 Å². The summed E-state index contributed by atoms with van der Waals surface area (Å²) in [6.07, 6.45) is 3.83. The van der Waals surface area contributed by atoms with Gasteiger partial charge >= 0.3 is 0 Å². The van der Waals surface area contributed by atoms with Crippen molar-refractivity contribution in [2.24, 2.45) is 0 Å². The van der Waals surface area contributed by atoms with E-state index in [1.54, 1.807) is 0 Å². The minimum Gasteiger partial charge on any atom is -0.490 e. The van der Waals surface area contributed by atoms with Gasteiger partial charge in [0.15, 0.2) is 0 Å². The first-order valence-corrected chi connectivity index (χ1v) is 7.47. The van der Waals surface area contributed by atoms with E-state index in [2.05, 4.69) is 6.92 Å². The fourth-order valence-corrected chi connectivity index (χ4v) is 2.11. The molecule has 110 valence electrons. The highest BCUT2D eigenvalue weighted by atomic mass is 16.6. The summed E-state index contributed by atoms with van der Waals surface area (Å²) < 4.78 is 22.2. The number of unbranched alkanes of at least 4 members (excludes halogenated alkanes) is 1. The van der Waals surface area contributed by atoms with Gasteiger partial charge in [0.25, 0.3) is 0 Å². The molecule has 2 saturated heterocycles. The normalized spacial score (nSPS) is 23.4. The Labute approximate surface area is 120 Å². The molecule has 2 heterocycles. The predicted molar refractivity (Wildman–Crippen MR) is 75.5 cm³/mol. The highest BCUT2D eigenvalue weighted by Crippen LogP contribution is 2.31. The van der Waals surface area contributed by atoms with Gasteiger partial charge in [0.2, 0.25) is 0 Å². The molecule has 0 aliphatic carbocycles. The third-order valence-corrected chi connectivity index (χ3v) is 3.52. The van der Waals surface area contributed by atoms with Crippen molar-refractivity contribution < 1.29 is 18.9 Å². The molecule has 2 aliphatic heterocycles. The highest BCUT2D eigenvalue weighted by molar-refractivity contribution is 5.45. The minimum atomic E-state index is 0.276. The summed E-state index contributed by atoms with van der Waals surface area (Å²) in [7, 11) is 0. The molecule has 0 N–H and O–H groups in total. The highest BCUT2D eigenvalue weighted by Gasteiger charge is 2.25. The third kappa shape index (κ3) is 3.87. The van der Waals surface area contributed by atoms with Gasteiger partial charge in [0.05, 0.1) is 13.2 Å². The van der Waals surface area contributed by atoms with E-state index < -0.39 is 0 Å². The van der Waals surface area contributed by atoms with Crippen LogP contribution in [0.2, 0.25) is 0 Å². The van der Waals surface area contributed by atoms with Crippen molar-refractivity contribution in [2.45, 2.75) is 38.4 Å². The molecule has 0 radical (unpaired) electrons. The van der Waals surface area contributed by atoms with Gasteiger partial charge in [-0.3, -0.25) is 0 Å². The zero-order valence-electron chi connectivity index (χ0n) is 12.0. The summed E-state index contributed by atoms with van der Waals surface area (Å²) in [5.74, 6) is 1.87. The summed E-state index contributed by atoms with van der Waals surface area (Å²) in [4.78, 5) is 0. The standard InChI is InChI=1S/C16H22O4/c1-2-3-5-14-15(19-10-12-8-17-12)6-4-7-16(14)20-11-13-9-18-13/h4,6-7,12-13H,2-3,5,8-11H2,1H3. The molecule has 4 heteroatoms. The molecule has 1 aromatic carbocycles. The Morgan fingerprint density at radius 1 is 1.05 bits per heavy atom. The van der Waals surface area contributed by atoms with Crippen molar-refractivity contribution in [3.8, 4) is 11.5 Å². The molecule has 0 aromatic heterocycles. The van der Waals surface area contributed by atoms with Crippen LogP contribution in [0, 0.1) is 0 Å². The molecular weight excluding hydrogens is 256 g/mol. The summed E-state index contributed by atoms with van der Waals surface area (Å²) in [5, 5.41) is 0. The Balaban J connectivity index is 1.68. The maximum absolute atomic E-state index is 5.88. The Bertz CT molecular complexity index is 404. The van der Waals surface area contributed by atoms with Gasteiger partial charge in [-0.25, -0.2) is 0 Å². The lowest BCUT2D eigenvalue weighted by Crippen LogP contribution is -2.09. The van der Waals surface area contributed by atoms with Crippen LogP contribution in [-0.4, -0.2) is 38.6 Å². The molecule has 20 heavy (non-hydrogen) atoms.